The SMILES string of the molecule is CCc1ccc(C(=O)CC(=O)C2CC2)s1. The Bertz CT molecular complexity index is 388. The van der Waals surface area contributed by atoms with E-state index in [1.807, 2.05) is 12.1 Å². The molecule has 3 heteroatoms. The summed E-state index contributed by atoms with van der Waals surface area (Å²) in [5.74, 6) is 0.322. The lowest BCUT2D eigenvalue weighted by molar-refractivity contribution is -0.119. The minimum absolute atomic E-state index is 0.00315. The minimum Gasteiger partial charge on any atom is -0.299 e. The average molecular weight is 222 g/mol. The van der Waals surface area contributed by atoms with Crippen LogP contribution in [-0.4, -0.2) is 11.6 Å². The second kappa shape index (κ2) is 4.27. The zero-order valence-electron chi connectivity index (χ0n) is 8.79. The Morgan fingerprint density at radius 3 is 2.67 bits per heavy atom. The van der Waals surface area contributed by atoms with E-state index in [2.05, 4.69) is 6.92 Å². The van der Waals surface area contributed by atoms with Crippen LogP contribution in [0.5, 0.6) is 0 Å². The van der Waals surface area contributed by atoms with Crippen LogP contribution >= 0.6 is 11.3 Å². The monoisotopic (exact) mass is 222 g/mol. The number of rotatable bonds is 5. The normalized spacial score (nSPS) is 15.3. The zero-order chi connectivity index (χ0) is 10.8. The van der Waals surface area contributed by atoms with Crippen LogP contribution in [0, 0.1) is 5.92 Å². The largest absolute Gasteiger partial charge is 0.299 e. The van der Waals surface area contributed by atoms with Gasteiger partial charge in [-0.05, 0) is 31.4 Å². The highest BCUT2D eigenvalue weighted by Crippen LogP contribution is 2.31. The van der Waals surface area contributed by atoms with Crippen molar-refractivity contribution in [1.82, 2.24) is 0 Å². The van der Waals surface area contributed by atoms with Crippen LogP contribution in [0.15, 0.2) is 12.1 Å². The van der Waals surface area contributed by atoms with Gasteiger partial charge < -0.3 is 0 Å². The van der Waals surface area contributed by atoms with Crippen LogP contribution in [0.3, 0.4) is 0 Å². The van der Waals surface area contributed by atoms with Crippen LogP contribution in [-0.2, 0) is 11.2 Å². The molecule has 0 atom stereocenters. The summed E-state index contributed by atoms with van der Waals surface area (Å²) in [7, 11) is 0. The van der Waals surface area contributed by atoms with Gasteiger partial charge in [-0.2, -0.15) is 0 Å². The van der Waals surface area contributed by atoms with Crippen LogP contribution in [0.25, 0.3) is 0 Å². The zero-order valence-corrected chi connectivity index (χ0v) is 9.60. The van der Waals surface area contributed by atoms with Crippen molar-refractivity contribution in [2.75, 3.05) is 0 Å². The van der Waals surface area contributed by atoms with Crippen LogP contribution < -0.4 is 0 Å². The third-order valence-electron chi connectivity index (χ3n) is 2.65. The van der Waals surface area contributed by atoms with Gasteiger partial charge in [0.1, 0.15) is 5.78 Å². The van der Waals surface area contributed by atoms with Crippen molar-refractivity contribution in [2.45, 2.75) is 32.6 Å². The summed E-state index contributed by atoms with van der Waals surface area (Å²) in [6.07, 6.45) is 3.02. The number of aryl methyl sites for hydroxylation is 1. The molecule has 0 aliphatic heterocycles. The smallest absolute Gasteiger partial charge is 0.180 e. The molecule has 1 saturated carbocycles. The van der Waals surface area contributed by atoms with Gasteiger partial charge >= 0.3 is 0 Å². The van der Waals surface area contributed by atoms with E-state index < -0.39 is 0 Å². The van der Waals surface area contributed by atoms with Gasteiger partial charge in [0.05, 0.1) is 11.3 Å². The third kappa shape index (κ3) is 2.53. The summed E-state index contributed by atoms with van der Waals surface area (Å²) in [6.45, 7) is 2.06. The maximum atomic E-state index is 11.7. The van der Waals surface area contributed by atoms with E-state index >= 15 is 0 Å². The van der Waals surface area contributed by atoms with Crippen molar-refractivity contribution in [3.8, 4) is 0 Å². The summed E-state index contributed by atoms with van der Waals surface area (Å²) in [6, 6.07) is 3.81. The topological polar surface area (TPSA) is 34.1 Å². The third-order valence-corrected chi connectivity index (χ3v) is 3.92. The first kappa shape index (κ1) is 10.6. The fourth-order valence-corrected chi connectivity index (χ4v) is 2.40. The maximum Gasteiger partial charge on any atom is 0.180 e. The summed E-state index contributed by atoms with van der Waals surface area (Å²) < 4.78 is 0. The van der Waals surface area contributed by atoms with Gasteiger partial charge in [0.2, 0.25) is 0 Å². The molecule has 1 heterocycles. The molecule has 0 radical (unpaired) electrons. The van der Waals surface area contributed by atoms with E-state index in [9.17, 15) is 9.59 Å². The van der Waals surface area contributed by atoms with E-state index in [1.54, 1.807) is 0 Å². The number of thiophene rings is 1. The molecule has 15 heavy (non-hydrogen) atoms. The van der Waals surface area contributed by atoms with Gasteiger partial charge in [-0.15, -0.1) is 11.3 Å². The first-order valence-corrected chi connectivity index (χ1v) is 6.17. The number of hydrogen-bond acceptors (Lipinski definition) is 3. The molecule has 0 aromatic carbocycles. The standard InChI is InChI=1S/C12H14O2S/c1-2-9-5-6-12(15-9)11(14)7-10(13)8-3-4-8/h5-6,8H,2-4,7H2,1H3. The van der Waals surface area contributed by atoms with Crippen LogP contribution in [0.2, 0.25) is 0 Å². The van der Waals surface area contributed by atoms with Crippen molar-refractivity contribution in [2.24, 2.45) is 5.92 Å². The summed E-state index contributed by atoms with van der Waals surface area (Å²) in [5.41, 5.74) is 0. The molecule has 1 aliphatic rings. The van der Waals surface area contributed by atoms with Crippen molar-refractivity contribution in [3.05, 3.63) is 21.9 Å². The van der Waals surface area contributed by atoms with Gasteiger partial charge in [0, 0.05) is 10.8 Å². The lowest BCUT2D eigenvalue weighted by Crippen LogP contribution is -2.08. The Morgan fingerprint density at radius 2 is 2.13 bits per heavy atom. The quantitative estimate of drug-likeness (QED) is 0.567. The molecular weight excluding hydrogens is 208 g/mol. The molecule has 0 N–H and O–H groups in total. The molecule has 1 aliphatic carbocycles. The van der Waals surface area contributed by atoms with Crippen LogP contribution in [0.4, 0.5) is 0 Å². The first-order valence-electron chi connectivity index (χ1n) is 5.35. The van der Waals surface area contributed by atoms with Crippen molar-refractivity contribution in [1.29, 1.82) is 0 Å². The second-order valence-corrected chi connectivity index (χ2v) is 5.13. The Kier molecular flexibility index (Phi) is 3.00. The fourth-order valence-electron chi connectivity index (χ4n) is 1.51. The fraction of sp³-hybridized carbons (Fsp3) is 0.500. The average Bonchev–Trinajstić information content (AvgIpc) is 2.96. The first-order chi connectivity index (χ1) is 7.20. The molecule has 0 bridgehead atoms. The molecule has 1 fully saturated rings. The molecule has 1 aromatic rings. The number of Topliss-reactive ketones (excluding diaryl/α,β-unsaturated/α-hetero) is 2. The second-order valence-electron chi connectivity index (χ2n) is 3.96. The van der Waals surface area contributed by atoms with Gasteiger partial charge in [0.25, 0.3) is 0 Å². The van der Waals surface area contributed by atoms with Gasteiger partial charge in [0.15, 0.2) is 5.78 Å². The predicted octanol–water partition coefficient (Wildman–Crippen LogP) is 2.86. The lowest BCUT2D eigenvalue weighted by Gasteiger charge is -1.95. The summed E-state index contributed by atoms with van der Waals surface area (Å²) in [4.78, 5) is 25.1. The lowest BCUT2D eigenvalue weighted by atomic mass is 10.1. The molecule has 1 aromatic heterocycles. The predicted molar refractivity (Wildman–Crippen MR) is 60.4 cm³/mol. The van der Waals surface area contributed by atoms with Crippen molar-refractivity contribution >= 4 is 22.9 Å². The van der Waals surface area contributed by atoms with Gasteiger partial charge in [-0.1, -0.05) is 6.92 Å². The molecule has 2 rings (SSSR count). The van der Waals surface area contributed by atoms with Crippen LogP contribution in [0.1, 0.15) is 40.7 Å². The number of ketones is 2. The van der Waals surface area contributed by atoms with Gasteiger partial charge in [-0.25, -0.2) is 0 Å². The maximum absolute atomic E-state index is 11.7. The highest BCUT2D eigenvalue weighted by molar-refractivity contribution is 7.14. The Hall–Kier alpha value is -0.960. The highest BCUT2D eigenvalue weighted by Gasteiger charge is 2.30. The van der Waals surface area contributed by atoms with E-state index in [1.165, 1.54) is 16.2 Å². The Morgan fingerprint density at radius 1 is 1.40 bits per heavy atom. The summed E-state index contributed by atoms with van der Waals surface area (Å²) >= 11 is 1.51. The molecule has 80 valence electrons. The highest BCUT2D eigenvalue weighted by atomic mass is 32.1. The number of hydrogen-bond donors (Lipinski definition) is 0. The molecule has 0 unspecified atom stereocenters. The summed E-state index contributed by atoms with van der Waals surface area (Å²) in [5, 5.41) is 0. The molecule has 2 nitrogen and oxygen atoms in total. The molecule has 0 spiro atoms. The van der Waals surface area contributed by atoms with E-state index in [4.69, 9.17) is 0 Å². The number of carbonyl (C=O) groups excluding carboxylic acids is 2. The molecule has 0 amide bonds. The van der Waals surface area contributed by atoms with Crippen molar-refractivity contribution in [3.63, 3.8) is 0 Å². The minimum atomic E-state index is -0.00315. The molecular formula is C12H14O2S. The number of carbonyl (C=O) groups is 2. The Labute approximate surface area is 93.3 Å². The molecule has 0 saturated heterocycles. The Balaban J connectivity index is 1.97. The van der Waals surface area contributed by atoms with E-state index in [0.29, 0.717) is 0 Å². The van der Waals surface area contributed by atoms with Gasteiger partial charge in [-0.3, -0.25) is 9.59 Å². The van der Waals surface area contributed by atoms with Crippen molar-refractivity contribution < 1.29 is 9.59 Å². The van der Waals surface area contributed by atoms with E-state index in [0.717, 1.165) is 24.1 Å². The van der Waals surface area contributed by atoms with E-state index in [-0.39, 0.29) is 23.9 Å².